The number of aromatic nitrogens is 2. The average Bonchev–Trinajstić information content (AvgIpc) is 3.03. The molecule has 2 N–H and O–H groups in total. The van der Waals surface area contributed by atoms with E-state index in [9.17, 15) is 4.79 Å². The Labute approximate surface area is 141 Å². The molecule has 2 aromatic carbocycles. The summed E-state index contributed by atoms with van der Waals surface area (Å²) in [6.07, 6.45) is 1.60. The Morgan fingerprint density at radius 1 is 1.21 bits per heavy atom. The van der Waals surface area contributed by atoms with Gasteiger partial charge in [0.1, 0.15) is 11.6 Å². The molecule has 3 rings (SSSR count). The number of hydrogen-bond donors (Lipinski definition) is 2. The molecular weight excluding hydrogens is 302 g/mol. The van der Waals surface area contributed by atoms with Gasteiger partial charge in [0.2, 0.25) is 0 Å². The van der Waals surface area contributed by atoms with E-state index in [0.717, 1.165) is 29.0 Å². The molecule has 124 valence electrons. The zero-order chi connectivity index (χ0) is 16.8. The third kappa shape index (κ3) is 4.13. The number of para-hydroxylation sites is 2. The summed E-state index contributed by atoms with van der Waals surface area (Å²) in [7, 11) is 0. The summed E-state index contributed by atoms with van der Waals surface area (Å²) in [6.45, 7) is 2.63. The first-order valence-electron chi connectivity index (χ1n) is 8.16. The number of imidazole rings is 1. The van der Waals surface area contributed by atoms with Crippen LogP contribution in [-0.2, 0) is 17.6 Å². The molecule has 1 aromatic heterocycles. The van der Waals surface area contributed by atoms with Crippen molar-refractivity contribution in [1.82, 2.24) is 15.3 Å². The van der Waals surface area contributed by atoms with Crippen LogP contribution in [0.1, 0.15) is 18.3 Å². The molecule has 0 radical (unpaired) electrons. The summed E-state index contributed by atoms with van der Waals surface area (Å²) in [6, 6.07) is 15.7. The minimum atomic E-state index is -0.131. The Balaban J connectivity index is 1.43. The highest BCUT2D eigenvalue weighted by molar-refractivity contribution is 5.77. The third-order valence-electron chi connectivity index (χ3n) is 3.80. The van der Waals surface area contributed by atoms with Crippen molar-refractivity contribution < 1.29 is 9.53 Å². The van der Waals surface area contributed by atoms with E-state index in [1.165, 1.54) is 5.56 Å². The summed E-state index contributed by atoms with van der Waals surface area (Å²) in [4.78, 5) is 19.6. The Kier molecular flexibility index (Phi) is 5.11. The third-order valence-corrected chi connectivity index (χ3v) is 3.80. The van der Waals surface area contributed by atoms with Crippen LogP contribution in [0.15, 0.2) is 48.5 Å². The second-order valence-electron chi connectivity index (χ2n) is 5.59. The fourth-order valence-electron chi connectivity index (χ4n) is 2.50. The maximum absolute atomic E-state index is 11.9. The lowest BCUT2D eigenvalue weighted by Crippen LogP contribution is -2.30. The molecule has 0 atom stereocenters. The van der Waals surface area contributed by atoms with E-state index >= 15 is 0 Å². The number of aromatic amines is 1. The van der Waals surface area contributed by atoms with Crippen LogP contribution in [0.2, 0.25) is 0 Å². The SMILES string of the molecule is CCc1cccc(OCC(=O)NCCc2nc3ccccc3[nH]2)c1. The van der Waals surface area contributed by atoms with E-state index < -0.39 is 0 Å². The zero-order valence-corrected chi connectivity index (χ0v) is 13.7. The van der Waals surface area contributed by atoms with Crippen LogP contribution < -0.4 is 10.1 Å². The monoisotopic (exact) mass is 323 g/mol. The zero-order valence-electron chi connectivity index (χ0n) is 13.7. The Hall–Kier alpha value is -2.82. The number of rotatable bonds is 7. The molecule has 0 fully saturated rings. The van der Waals surface area contributed by atoms with Crippen LogP contribution in [0, 0.1) is 0 Å². The number of benzene rings is 2. The topological polar surface area (TPSA) is 67.0 Å². The van der Waals surface area contributed by atoms with E-state index in [1.54, 1.807) is 0 Å². The molecule has 0 spiro atoms. The molecule has 1 heterocycles. The molecule has 0 aliphatic carbocycles. The van der Waals surface area contributed by atoms with Crippen LogP contribution in [0.3, 0.4) is 0 Å². The molecule has 0 unspecified atom stereocenters. The predicted molar refractivity (Wildman–Crippen MR) is 94.1 cm³/mol. The van der Waals surface area contributed by atoms with Crippen molar-refractivity contribution in [2.24, 2.45) is 0 Å². The van der Waals surface area contributed by atoms with Crippen LogP contribution in [-0.4, -0.2) is 29.0 Å². The van der Waals surface area contributed by atoms with Gasteiger partial charge in [-0.25, -0.2) is 4.98 Å². The normalized spacial score (nSPS) is 10.7. The second-order valence-corrected chi connectivity index (χ2v) is 5.59. The van der Waals surface area contributed by atoms with Crippen molar-refractivity contribution in [3.05, 3.63) is 59.9 Å². The van der Waals surface area contributed by atoms with Crippen LogP contribution in [0.4, 0.5) is 0 Å². The Morgan fingerprint density at radius 2 is 2.08 bits per heavy atom. The number of amides is 1. The van der Waals surface area contributed by atoms with E-state index in [-0.39, 0.29) is 12.5 Å². The number of fused-ring (bicyclic) bond motifs is 1. The lowest BCUT2D eigenvalue weighted by atomic mass is 10.2. The van der Waals surface area contributed by atoms with Crippen molar-refractivity contribution >= 4 is 16.9 Å². The lowest BCUT2D eigenvalue weighted by molar-refractivity contribution is -0.123. The molecule has 0 aliphatic heterocycles. The Morgan fingerprint density at radius 3 is 2.92 bits per heavy atom. The van der Waals surface area contributed by atoms with Gasteiger partial charge in [-0.3, -0.25) is 4.79 Å². The first-order chi connectivity index (χ1) is 11.7. The van der Waals surface area contributed by atoms with E-state index in [0.29, 0.717) is 13.0 Å². The lowest BCUT2D eigenvalue weighted by Gasteiger charge is -2.08. The van der Waals surface area contributed by atoms with E-state index in [2.05, 4.69) is 22.2 Å². The van der Waals surface area contributed by atoms with Gasteiger partial charge in [-0.15, -0.1) is 0 Å². The maximum Gasteiger partial charge on any atom is 0.257 e. The molecule has 0 saturated carbocycles. The maximum atomic E-state index is 11.9. The first-order valence-corrected chi connectivity index (χ1v) is 8.16. The highest BCUT2D eigenvalue weighted by atomic mass is 16.5. The molecule has 0 saturated heterocycles. The van der Waals surface area contributed by atoms with Gasteiger partial charge in [-0.05, 0) is 36.2 Å². The van der Waals surface area contributed by atoms with E-state index in [4.69, 9.17) is 4.74 Å². The van der Waals surface area contributed by atoms with Gasteiger partial charge in [0.25, 0.3) is 5.91 Å². The van der Waals surface area contributed by atoms with Gasteiger partial charge >= 0.3 is 0 Å². The fraction of sp³-hybridized carbons (Fsp3) is 0.263. The van der Waals surface area contributed by atoms with Crippen molar-refractivity contribution in [2.45, 2.75) is 19.8 Å². The van der Waals surface area contributed by atoms with Crippen molar-refractivity contribution in [3.63, 3.8) is 0 Å². The Bertz CT molecular complexity index is 793. The number of hydrogen-bond acceptors (Lipinski definition) is 3. The number of ether oxygens (including phenoxy) is 1. The van der Waals surface area contributed by atoms with Gasteiger partial charge in [0, 0.05) is 13.0 Å². The standard InChI is InChI=1S/C19H21N3O2/c1-2-14-6-5-7-15(12-14)24-13-19(23)20-11-10-18-21-16-8-3-4-9-17(16)22-18/h3-9,12H,2,10-11,13H2,1H3,(H,20,23)(H,21,22). The van der Waals surface area contributed by atoms with Gasteiger partial charge < -0.3 is 15.0 Å². The number of nitrogens with zero attached hydrogens (tertiary/aromatic N) is 1. The number of carbonyl (C=O) groups is 1. The summed E-state index contributed by atoms with van der Waals surface area (Å²) < 4.78 is 5.53. The number of carbonyl (C=O) groups excluding carboxylic acids is 1. The van der Waals surface area contributed by atoms with Gasteiger partial charge in [0.05, 0.1) is 11.0 Å². The highest BCUT2D eigenvalue weighted by Gasteiger charge is 2.05. The second kappa shape index (κ2) is 7.64. The highest BCUT2D eigenvalue weighted by Crippen LogP contribution is 2.13. The molecule has 24 heavy (non-hydrogen) atoms. The predicted octanol–water partition coefficient (Wildman–Crippen LogP) is 2.86. The summed E-state index contributed by atoms with van der Waals surface area (Å²) in [5, 5.41) is 2.85. The molecule has 0 aliphatic rings. The van der Waals surface area contributed by atoms with Crippen molar-refractivity contribution in [3.8, 4) is 5.75 Å². The van der Waals surface area contributed by atoms with Gasteiger partial charge in [-0.2, -0.15) is 0 Å². The first kappa shape index (κ1) is 16.1. The van der Waals surface area contributed by atoms with Crippen LogP contribution in [0.25, 0.3) is 11.0 Å². The molecule has 5 heteroatoms. The van der Waals surface area contributed by atoms with Crippen molar-refractivity contribution in [2.75, 3.05) is 13.2 Å². The van der Waals surface area contributed by atoms with Crippen molar-refractivity contribution in [1.29, 1.82) is 0 Å². The largest absolute Gasteiger partial charge is 0.484 e. The minimum Gasteiger partial charge on any atom is -0.484 e. The number of aryl methyl sites for hydroxylation is 1. The fourth-order valence-corrected chi connectivity index (χ4v) is 2.50. The minimum absolute atomic E-state index is 0.0211. The molecule has 3 aromatic rings. The van der Waals surface area contributed by atoms with Crippen LogP contribution in [0.5, 0.6) is 5.75 Å². The smallest absolute Gasteiger partial charge is 0.257 e. The van der Waals surface area contributed by atoms with E-state index in [1.807, 2.05) is 48.5 Å². The average molecular weight is 323 g/mol. The summed E-state index contributed by atoms with van der Waals surface area (Å²) >= 11 is 0. The quantitative estimate of drug-likeness (QED) is 0.702. The van der Waals surface area contributed by atoms with Gasteiger partial charge in [0.15, 0.2) is 6.61 Å². The number of nitrogens with one attached hydrogen (secondary N) is 2. The molecular formula is C19H21N3O2. The summed E-state index contributed by atoms with van der Waals surface area (Å²) in [5.74, 6) is 1.46. The molecule has 5 nitrogen and oxygen atoms in total. The molecule has 1 amide bonds. The molecule has 0 bridgehead atoms. The van der Waals surface area contributed by atoms with Crippen LogP contribution >= 0.6 is 0 Å². The number of H-pyrrole nitrogens is 1. The summed E-state index contributed by atoms with van der Waals surface area (Å²) in [5.41, 5.74) is 3.15. The van der Waals surface area contributed by atoms with Gasteiger partial charge in [-0.1, -0.05) is 31.2 Å².